The average Bonchev–Trinajstić information content (AvgIpc) is 3.56. The summed E-state index contributed by atoms with van der Waals surface area (Å²) in [7, 11) is -3.66. The monoisotopic (exact) mass is 445 g/mol. The van der Waals surface area contributed by atoms with Gasteiger partial charge in [0.25, 0.3) is 5.91 Å². The third-order valence-electron chi connectivity index (χ3n) is 5.72. The number of benzene rings is 2. The molecule has 32 heavy (non-hydrogen) atoms. The average molecular weight is 446 g/mol. The number of aromatic nitrogens is 2. The van der Waals surface area contributed by atoms with Crippen LogP contribution in [0.1, 0.15) is 46.1 Å². The number of H-pyrrole nitrogens is 1. The largest absolute Gasteiger partial charge is 0.354 e. The van der Waals surface area contributed by atoms with E-state index in [4.69, 9.17) is 0 Å². The number of nitrogens with zero attached hydrogens (tertiary/aromatic N) is 1. The van der Waals surface area contributed by atoms with Crippen molar-refractivity contribution in [3.05, 3.63) is 89.2 Å². The molecule has 162 valence electrons. The number of nitrogens with one attached hydrogen (secondary N) is 2. The van der Waals surface area contributed by atoms with Gasteiger partial charge in [0.1, 0.15) is 5.69 Å². The lowest BCUT2D eigenvalue weighted by Gasteiger charge is -2.08. The van der Waals surface area contributed by atoms with Crippen molar-refractivity contribution in [2.24, 2.45) is 0 Å². The van der Waals surface area contributed by atoms with Crippen LogP contribution < -0.4 is 4.72 Å². The van der Waals surface area contributed by atoms with Crippen molar-refractivity contribution in [2.75, 3.05) is 6.26 Å². The third-order valence-corrected chi connectivity index (χ3v) is 6.27. The maximum absolute atomic E-state index is 12.3. The minimum Gasteiger partial charge on any atom is -0.354 e. The molecular formula is C25H23N3O3S. The summed E-state index contributed by atoms with van der Waals surface area (Å²) in [6.07, 6.45) is 3.95. The fraction of sp³-hybridized carbons (Fsp3) is 0.200. The van der Waals surface area contributed by atoms with Gasteiger partial charge in [-0.05, 0) is 53.6 Å². The molecule has 0 atom stereocenters. The summed E-state index contributed by atoms with van der Waals surface area (Å²) in [6, 6.07) is 21.8. The Morgan fingerprint density at radius 3 is 2.56 bits per heavy atom. The van der Waals surface area contributed by atoms with Gasteiger partial charge in [-0.25, -0.2) is 18.1 Å². The van der Waals surface area contributed by atoms with Gasteiger partial charge < -0.3 is 4.98 Å². The summed E-state index contributed by atoms with van der Waals surface area (Å²) >= 11 is 0. The Morgan fingerprint density at radius 2 is 1.84 bits per heavy atom. The van der Waals surface area contributed by atoms with Crippen LogP contribution in [0.4, 0.5) is 0 Å². The molecular weight excluding hydrogens is 422 g/mol. The fourth-order valence-electron chi connectivity index (χ4n) is 4.08. The van der Waals surface area contributed by atoms with Crippen LogP contribution in [0.2, 0.25) is 0 Å². The van der Waals surface area contributed by atoms with Crippen LogP contribution in [0.5, 0.6) is 0 Å². The van der Waals surface area contributed by atoms with Crippen LogP contribution in [0.25, 0.3) is 22.2 Å². The van der Waals surface area contributed by atoms with Gasteiger partial charge >= 0.3 is 0 Å². The Kier molecular flexibility index (Phi) is 5.06. The van der Waals surface area contributed by atoms with E-state index in [9.17, 15) is 13.2 Å². The predicted molar refractivity (Wildman–Crippen MR) is 125 cm³/mol. The third kappa shape index (κ3) is 4.29. The molecule has 5 rings (SSSR count). The molecule has 1 aliphatic rings. The maximum Gasteiger partial charge on any atom is 0.283 e. The van der Waals surface area contributed by atoms with Gasteiger partial charge in [0.05, 0.1) is 11.9 Å². The first kappa shape index (κ1) is 20.5. The highest BCUT2D eigenvalue weighted by Gasteiger charge is 2.24. The first-order chi connectivity index (χ1) is 15.4. The van der Waals surface area contributed by atoms with E-state index in [0.717, 1.165) is 34.0 Å². The van der Waals surface area contributed by atoms with Gasteiger partial charge in [-0.1, -0.05) is 48.5 Å². The molecule has 0 aliphatic heterocycles. The Bertz CT molecular complexity index is 1420. The molecule has 1 aliphatic carbocycles. The van der Waals surface area contributed by atoms with Gasteiger partial charge in [-0.3, -0.25) is 4.79 Å². The molecule has 6 nitrogen and oxygen atoms in total. The predicted octanol–water partition coefficient (Wildman–Crippen LogP) is 4.39. The van der Waals surface area contributed by atoms with Gasteiger partial charge in [0.2, 0.25) is 10.0 Å². The quantitative estimate of drug-likeness (QED) is 0.460. The van der Waals surface area contributed by atoms with Crippen molar-refractivity contribution >= 4 is 26.8 Å². The Labute approximate surface area is 186 Å². The lowest BCUT2D eigenvalue weighted by atomic mass is 9.99. The molecule has 4 aromatic rings. The fourth-order valence-corrected chi connectivity index (χ4v) is 4.53. The Morgan fingerprint density at radius 1 is 1.06 bits per heavy atom. The summed E-state index contributed by atoms with van der Waals surface area (Å²) in [5.74, 6) is -0.0661. The first-order valence-electron chi connectivity index (χ1n) is 10.6. The van der Waals surface area contributed by atoms with E-state index in [1.54, 1.807) is 6.07 Å². The zero-order chi connectivity index (χ0) is 22.3. The van der Waals surface area contributed by atoms with Crippen LogP contribution in [-0.4, -0.2) is 30.5 Å². The highest BCUT2D eigenvalue weighted by molar-refractivity contribution is 7.89. The van der Waals surface area contributed by atoms with Gasteiger partial charge in [-0.2, -0.15) is 0 Å². The number of pyridine rings is 1. The van der Waals surface area contributed by atoms with Crippen LogP contribution in [0.15, 0.2) is 66.7 Å². The SMILES string of the molecule is CS(=O)(=O)NC(=O)c1cccc(Cc2c(-c3ccccc3)[nH]c3cc(C4CC4)ccc23)n1. The summed E-state index contributed by atoms with van der Waals surface area (Å²) in [5, 5.41) is 1.13. The highest BCUT2D eigenvalue weighted by atomic mass is 32.2. The minimum absolute atomic E-state index is 0.0741. The van der Waals surface area contributed by atoms with E-state index in [0.29, 0.717) is 18.0 Å². The molecule has 1 saturated carbocycles. The molecule has 2 aromatic carbocycles. The van der Waals surface area contributed by atoms with Crippen LogP contribution in [0.3, 0.4) is 0 Å². The summed E-state index contributed by atoms with van der Waals surface area (Å²) in [4.78, 5) is 20.3. The molecule has 0 spiro atoms. The highest BCUT2D eigenvalue weighted by Crippen LogP contribution is 2.42. The number of hydrogen-bond donors (Lipinski definition) is 2. The topological polar surface area (TPSA) is 91.9 Å². The van der Waals surface area contributed by atoms with E-state index in [1.165, 1.54) is 24.5 Å². The van der Waals surface area contributed by atoms with Crippen molar-refractivity contribution in [1.82, 2.24) is 14.7 Å². The van der Waals surface area contributed by atoms with E-state index in [1.807, 2.05) is 29.0 Å². The van der Waals surface area contributed by atoms with Crippen molar-refractivity contribution in [2.45, 2.75) is 25.2 Å². The van der Waals surface area contributed by atoms with E-state index in [2.05, 4.69) is 40.3 Å². The van der Waals surface area contributed by atoms with Gasteiger partial charge in [0.15, 0.2) is 0 Å². The number of rotatable bonds is 6. The molecule has 7 heteroatoms. The zero-order valence-corrected chi connectivity index (χ0v) is 18.4. The maximum atomic E-state index is 12.3. The Balaban J connectivity index is 1.56. The van der Waals surface area contributed by atoms with Crippen molar-refractivity contribution < 1.29 is 13.2 Å². The molecule has 2 aromatic heterocycles. The van der Waals surface area contributed by atoms with Crippen LogP contribution >= 0.6 is 0 Å². The normalized spacial score (nSPS) is 13.9. The lowest BCUT2D eigenvalue weighted by Crippen LogP contribution is -2.30. The number of hydrogen-bond acceptors (Lipinski definition) is 4. The van der Waals surface area contributed by atoms with E-state index >= 15 is 0 Å². The second-order valence-electron chi connectivity index (χ2n) is 8.32. The molecule has 2 heterocycles. The number of aromatic amines is 1. The van der Waals surface area contributed by atoms with Crippen molar-refractivity contribution in [1.29, 1.82) is 0 Å². The smallest absolute Gasteiger partial charge is 0.283 e. The van der Waals surface area contributed by atoms with Crippen molar-refractivity contribution in [3.63, 3.8) is 0 Å². The summed E-state index contributed by atoms with van der Waals surface area (Å²) in [5.41, 5.74) is 6.43. The standard InChI is InChI=1S/C25H23N3O3S/c1-32(30,31)28-25(29)22-9-5-8-19(26-22)15-21-20-13-12-18(16-10-11-16)14-23(20)27-24(21)17-6-3-2-4-7-17/h2-9,12-14,16,27H,10-11,15H2,1H3,(H,28,29). The summed E-state index contributed by atoms with van der Waals surface area (Å²) in [6.45, 7) is 0. The van der Waals surface area contributed by atoms with Crippen molar-refractivity contribution in [3.8, 4) is 11.3 Å². The van der Waals surface area contributed by atoms with Gasteiger partial charge in [-0.15, -0.1) is 0 Å². The van der Waals surface area contributed by atoms with Crippen LogP contribution in [0, 0.1) is 0 Å². The van der Waals surface area contributed by atoms with Gasteiger partial charge in [0, 0.05) is 23.0 Å². The zero-order valence-electron chi connectivity index (χ0n) is 17.6. The molecule has 0 radical (unpaired) electrons. The second-order valence-corrected chi connectivity index (χ2v) is 10.1. The number of sulfonamides is 1. The molecule has 0 bridgehead atoms. The number of carbonyl (C=O) groups excluding carboxylic acids is 1. The minimum atomic E-state index is -3.66. The number of fused-ring (bicyclic) bond motifs is 1. The van der Waals surface area contributed by atoms with E-state index < -0.39 is 15.9 Å². The number of carbonyl (C=O) groups is 1. The number of amides is 1. The summed E-state index contributed by atoms with van der Waals surface area (Å²) < 4.78 is 24.8. The van der Waals surface area contributed by atoms with Crippen LogP contribution in [-0.2, 0) is 16.4 Å². The first-order valence-corrected chi connectivity index (χ1v) is 12.4. The van der Waals surface area contributed by atoms with E-state index in [-0.39, 0.29) is 5.69 Å². The molecule has 0 saturated heterocycles. The molecule has 1 fully saturated rings. The molecule has 2 N–H and O–H groups in total. The lowest BCUT2D eigenvalue weighted by molar-refractivity contribution is 0.0976. The Hall–Kier alpha value is -3.45. The molecule has 1 amide bonds. The molecule has 0 unspecified atom stereocenters. The second kappa shape index (κ2) is 7.91.